The number of aliphatic carboxylic acids is 1. The molecule has 0 aliphatic rings. The number of rotatable bonds is 8. The molecule has 2 aromatic rings. The molecular weight excluding hydrogens is 405 g/mol. The van der Waals surface area contributed by atoms with E-state index in [0.29, 0.717) is 14.9 Å². The lowest BCUT2D eigenvalue weighted by atomic mass is 10.1. The summed E-state index contributed by atoms with van der Waals surface area (Å²) in [5.74, 6) is -2.29. The van der Waals surface area contributed by atoms with E-state index in [2.05, 4.69) is 20.7 Å². The standard InChI is InChI=1S/C14H13Cl2N5O4S/c1-7(22)17-10(5-12(24)25)11(23)6-21-19-14(18-20-21)26-13-8(15)3-2-4-9(13)16/h2-4,10H,5-6H2,1H3,(H,17,22)(H,24,25). The predicted octanol–water partition coefficient (Wildman–Crippen LogP) is 1.68. The number of ketones is 1. The molecule has 0 saturated carbocycles. The predicted molar refractivity (Wildman–Crippen MR) is 93.3 cm³/mol. The number of carboxylic acids is 1. The Hall–Kier alpha value is -2.17. The summed E-state index contributed by atoms with van der Waals surface area (Å²) in [6.07, 6.45) is -0.538. The summed E-state index contributed by atoms with van der Waals surface area (Å²) >= 11 is 13.2. The molecule has 26 heavy (non-hydrogen) atoms. The molecule has 2 N–H and O–H groups in total. The summed E-state index contributed by atoms with van der Waals surface area (Å²) < 4.78 is 0. The van der Waals surface area contributed by atoms with Gasteiger partial charge >= 0.3 is 5.97 Å². The maximum absolute atomic E-state index is 12.2. The molecule has 1 atom stereocenters. The van der Waals surface area contributed by atoms with Crippen molar-refractivity contribution in [1.82, 2.24) is 25.5 Å². The third kappa shape index (κ3) is 5.68. The van der Waals surface area contributed by atoms with Crippen molar-refractivity contribution in [3.8, 4) is 0 Å². The normalized spacial score (nSPS) is 11.8. The summed E-state index contributed by atoms with van der Waals surface area (Å²) in [6, 6.07) is 3.84. The second-order valence-corrected chi connectivity index (χ2v) is 6.86. The third-order valence-electron chi connectivity index (χ3n) is 2.99. The highest BCUT2D eigenvalue weighted by molar-refractivity contribution is 7.99. The number of carboxylic acid groups (broad SMARTS) is 1. The smallest absolute Gasteiger partial charge is 0.305 e. The molecule has 0 radical (unpaired) electrons. The van der Waals surface area contributed by atoms with E-state index in [1.807, 2.05) is 0 Å². The molecular formula is C14H13Cl2N5O4S. The van der Waals surface area contributed by atoms with E-state index >= 15 is 0 Å². The zero-order valence-corrected chi connectivity index (χ0v) is 15.7. The summed E-state index contributed by atoms with van der Waals surface area (Å²) in [5, 5.41) is 23.8. The lowest BCUT2D eigenvalue weighted by Crippen LogP contribution is -2.43. The van der Waals surface area contributed by atoms with Crippen LogP contribution < -0.4 is 5.32 Å². The molecule has 1 aromatic heterocycles. The van der Waals surface area contributed by atoms with Crippen molar-refractivity contribution in [2.24, 2.45) is 0 Å². The molecule has 1 aromatic carbocycles. The Bertz CT molecular complexity index is 808. The molecule has 0 aliphatic heterocycles. The van der Waals surface area contributed by atoms with Gasteiger partial charge in [0.25, 0.3) is 0 Å². The Balaban J connectivity index is 2.08. The first-order chi connectivity index (χ1) is 12.3. The van der Waals surface area contributed by atoms with E-state index in [1.54, 1.807) is 18.2 Å². The molecule has 1 heterocycles. The van der Waals surface area contributed by atoms with Crippen molar-refractivity contribution < 1.29 is 19.5 Å². The largest absolute Gasteiger partial charge is 0.481 e. The lowest BCUT2D eigenvalue weighted by molar-refractivity contribution is -0.140. The van der Waals surface area contributed by atoms with Crippen molar-refractivity contribution in [2.75, 3.05) is 0 Å². The van der Waals surface area contributed by atoms with E-state index in [-0.39, 0.29) is 11.7 Å². The average molecular weight is 418 g/mol. The first kappa shape index (κ1) is 20.1. The quantitative estimate of drug-likeness (QED) is 0.663. The van der Waals surface area contributed by atoms with Crippen LogP contribution >= 0.6 is 35.0 Å². The van der Waals surface area contributed by atoms with Crippen LogP contribution in [0.15, 0.2) is 28.3 Å². The maximum atomic E-state index is 12.2. The minimum absolute atomic E-state index is 0.210. The number of amides is 1. The Labute approximate surface area is 162 Å². The second kappa shape index (κ2) is 8.97. The van der Waals surface area contributed by atoms with Crippen LogP contribution in [0.25, 0.3) is 0 Å². The van der Waals surface area contributed by atoms with Crippen LogP contribution in [0.3, 0.4) is 0 Å². The first-order valence-electron chi connectivity index (χ1n) is 7.17. The zero-order valence-electron chi connectivity index (χ0n) is 13.3. The van der Waals surface area contributed by atoms with E-state index in [4.69, 9.17) is 28.3 Å². The van der Waals surface area contributed by atoms with Crippen LogP contribution in [0.5, 0.6) is 0 Å². The average Bonchev–Trinajstić information content (AvgIpc) is 2.96. The highest BCUT2D eigenvalue weighted by Crippen LogP contribution is 2.36. The molecule has 0 bridgehead atoms. The number of carbonyl (C=O) groups excluding carboxylic acids is 2. The fourth-order valence-electron chi connectivity index (χ4n) is 1.92. The molecule has 0 saturated heterocycles. The highest BCUT2D eigenvalue weighted by atomic mass is 35.5. The number of nitrogens with one attached hydrogen (secondary N) is 1. The summed E-state index contributed by atoms with van der Waals surface area (Å²) in [7, 11) is 0. The summed E-state index contributed by atoms with van der Waals surface area (Å²) in [5.41, 5.74) is 0. The number of halogens is 2. The zero-order chi connectivity index (χ0) is 19.3. The number of carbonyl (C=O) groups is 3. The van der Waals surface area contributed by atoms with E-state index < -0.39 is 30.1 Å². The molecule has 1 amide bonds. The van der Waals surface area contributed by atoms with Gasteiger partial charge < -0.3 is 10.4 Å². The van der Waals surface area contributed by atoms with Crippen molar-refractivity contribution in [1.29, 1.82) is 0 Å². The Morgan fingerprint density at radius 3 is 2.54 bits per heavy atom. The van der Waals surface area contributed by atoms with Gasteiger partial charge in [0.05, 0.1) is 27.4 Å². The minimum atomic E-state index is -1.21. The number of tetrazole rings is 1. The number of benzene rings is 1. The topological polar surface area (TPSA) is 127 Å². The Kier molecular flexibility index (Phi) is 6.95. The molecule has 9 nitrogen and oxygen atoms in total. The van der Waals surface area contributed by atoms with Crippen LogP contribution in [-0.2, 0) is 20.9 Å². The van der Waals surface area contributed by atoms with Gasteiger partial charge in [0.2, 0.25) is 11.1 Å². The van der Waals surface area contributed by atoms with Crippen LogP contribution in [0.2, 0.25) is 10.0 Å². The second-order valence-electron chi connectivity index (χ2n) is 5.07. The van der Waals surface area contributed by atoms with Gasteiger partial charge in [-0.15, -0.1) is 10.2 Å². The van der Waals surface area contributed by atoms with Crippen molar-refractivity contribution >= 4 is 52.6 Å². The number of hydrogen-bond acceptors (Lipinski definition) is 7. The molecule has 0 fully saturated rings. The highest BCUT2D eigenvalue weighted by Gasteiger charge is 2.24. The maximum Gasteiger partial charge on any atom is 0.305 e. The number of aromatic nitrogens is 4. The third-order valence-corrected chi connectivity index (χ3v) is 4.83. The Morgan fingerprint density at radius 2 is 1.96 bits per heavy atom. The molecule has 0 spiro atoms. The fraction of sp³-hybridized carbons (Fsp3) is 0.286. The summed E-state index contributed by atoms with van der Waals surface area (Å²) in [6.45, 7) is 0.847. The van der Waals surface area contributed by atoms with Gasteiger partial charge in [-0.2, -0.15) is 4.80 Å². The Morgan fingerprint density at radius 1 is 1.31 bits per heavy atom. The first-order valence-corrected chi connectivity index (χ1v) is 8.74. The van der Waals surface area contributed by atoms with Crippen LogP contribution in [-0.4, -0.2) is 49.0 Å². The molecule has 0 aliphatic carbocycles. The van der Waals surface area contributed by atoms with Gasteiger partial charge in [-0.25, -0.2) is 0 Å². The number of hydrogen-bond donors (Lipinski definition) is 2. The van der Waals surface area contributed by atoms with Gasteiger partial charge in [-0.05, 0) is 29.1 Å². The van der Waals surface area contributed by atoms with E-state index in [1.165, 1.54) is 6.92 Å². The monoisotopic (exact) mass is 417 g/mol. The van der Waals surface area contributed by atoms with Crippen LogP contribution in [0, 0.1) is 0 Å². The van der Waals surface area contributed by atoms with Crippen LogP contribution in [0.4, 0.5) is 0 Å². The van der Waals surface area contributed by atoms with Crippen molar-refractivity contribution in [3.05, 3.63) is 28.2 Å². The number of nitrogens with zero attached hydrogens (tertiary/aromatic N) is 4. The molecule has 2 rings (SSSR count). The van der Waals surface area contributed by atoms with Gasteiger partial charge in [-0.3, -0.25) is 14.4 Å². The van der Waals surface area contributed by atoms with E-state index in [9.17, 15) is 14.4 Å². The van der Waals surface area contributed by atoms with Crippen molar-refractivity contribution in [2.45, 2.75) is 36.0 Å². The number of Topliss-reactive ketones (excluding diaryl/α,β-unsaturated/α-hetero) is 1. The SMILES string of the molecule is CC(=O)NC(CC(=O)O)C(=O)Cn1nnc(Sc2c(Cl)cccc2Cl)n1. The lowest BCUT2D eigenvalue weighted by Gasteiger charge is -2.13. The van der Waals surface area contributed by atoms with Gasteiger partial charge in [-0.1, -0.05) is 29.3 Å². The molecule has 12 heteroatoms. The van der Waals surface area contributed by atoms with Gasteiger partial charge in [0, 0.05) is 6.92 Å². The van der Waals surface area contributed by atoms with Gasteiger partial charge in [0.1, 0.15) is 6.54 Å². The summed E-state index contributed by atoms with van der Waals surface area (Å²) in [4.78, 5) is 35.7. The van der Waals surface area contributed by atoms with Gasteiger partial charge in [0.15, 0.2) is 5.78 Å². The van der Waals surface area contributed by atoms with E-state index in [0.717, 1.165) is 16.6 Å². The van der Waals surface area contributed by atoms with Crippen molar-refractivity contribution in [3.63, 3.8) is 0 Å². The minimum Gasteiger partial charge on any atom is -0.481 e. The molecule has 1 unspecified atom stereocenters. The fourth-order valence-corrected chi connectivity index (χ4v) is 3.28. The van der Waals surface area contributed by atoms with Crippen LogP contribution in [0.1, 0.15) is 13.3 Å². The molecule has 138 valence electrons.